The Kier molecular flexibility index (Phi) is 2.70. The molecule has 0 fully saturated rings. The van der Waals surface area contributed by atoms with E-state index in [-0.39, 0.29) is 16.2 Å². The highest BCUT2D eigenvalue weighted by Gasteiger charge is 2.22. The van der Waals surface area contributed by atoms with E-state index in [9.17, 15) is 12.3 Å². The van der Waals surface area contributed by atoms with Gasteiger partial charge in [0.15, 0.2) is 0 Å². The molecular formula is C50H30O2. The van der Waals surface area contributed by atoms with Gasteiger partial charge in [0.25, 0.3) is 0 Å². The van der Waals surface area contributed by atoms with Crippen molar-refractivity contribution in [3.8, 4) is 44.5 Å². The summed E-state index contributed by atoms with van der Waals surface area (Å²) in [6, 6.07) is -26.1. The van der Waals surface area contributed by atoms with Crippen molar-refractivity contribution in [3.63, 3.8) is 0 Å². The molecule has 0 amide bonds. The van der Waals surface area contributed by atoms with E-state index in [1.165, 1.54) is 0 Å². The molecule has 0 saturated carbocycles. The Hall–Kier alpha value is -6.90. The van der Waals surface area contributed by atoms with Crippen LogP contribution in [0.3, 0.4) is 0 Å². The van der Waals surface area contributed by atoms with Gasteiger partial charge in [0.05, 0.1) is 39.8 Å². The summed E-state index contributed by atoms with van der Waals surface area (Å²) in [5.74, 6) is 0. The summed E-state index contributed by atoms with van der Waals surface area (Å²) in [5, 5.41) is -4.46. The zero-order chi connectivity index (χ0) is 59.4. The molecule has 11 rings (SSSR count). The average Bonchev–Trinajstić information content (AvgIpc) is 4.29. The largest absolute Gasteiger partial charge is 0.456 e. The average molecular weight is 692 g/mol. The molecule has 0 atom stereocenters. The van der Waals surface area contributed by atoms with E-state index in [0.717, 1.165) is 6.07 Å². The third-order valence-electron chi connectivity index (χ3n) is 8.63. The summed E-state index contributed by atoms with van der Waals surface area (Å²) in [5.41, 5.74) is -8.35. The van der Waals surface area contributed by atoms with Gasteiger partial charge < -0.3 is 8.83 Å². The molecule has 2 heterocycles. The van der Waals surface area contributed by atoms with Crippen LogP contribution in [0.5, 0.6) is 0 Å². The van der Waals surface area contributed by atoms with Crippen LogP contribution in [-0.2, 0) is 0 Å². The van der Waals surface area contributed by atoms with Crippen LogP contribution in [0, 0.1) is 0 Å². The van der Waals surface area contributed by atoms with Crippen molar-refractivity contribution in [2.45, 2.75) is 0 Å². The standard InChI is InChI=1S/C50H30O2/c1-3-13-31(14-4-1)33-23-25-39-41(29-33)47(37-19-9-10-20-38(37)48(39)36-18-8-7-17-35(36)32-15-5-2-6-16-32)34-24-26-44-42(30-34)50-46(52-44)28-27-45-49(50)40-21-11-12-22-43(40)51-45/h1-30H/i1D,2D,3D,4D,5D,6D,7D,8D,9D,10D,11D,12D,13D,14D,15D,16D,17D,18D,19D,20D,21D,22D,23D,24D,25D,26D,27D,28D,30D. The van der Waals surface area contributed by atoms with E-state index in [2.05, 4.69) is 0 Å². The number of furan rings is 2. The van der Waals surface area contributed by atoms with Gasteiger partial charge in [-0.3, -0.25) is 0 Å². The van der Waals surface area contributed by atoms with E-state index in [1.54, 1.807) is 0 Å². The van der Waals surface area contributed by atoms with Gasteiger partial charge in [-0.1, -0.05) is 145 Å². The molecule has 52 heavy (non-hydrogen) atoms. The van der Waals surface area contributed by atoms with Crippen molar-refractivity contribution in [1.82, 2.24) is 0 Å². The lowest BCUT2D eigenvalue weighted by Crippen LogP contribution is -1.93. The lowest BCUT2D eigenvalue weighted by Gasteiger charge is -2.20. The van der Waals surface area contributed by atoms with Gasteiger partial charge in [0.1, 0.15) is 22.3 Å². The zero-order valence-electron chi connectivity index (χ0n) is 54.9. The van der Waals surface area contributed by atoms with Gasteiger partial charge in [-0.2, -0.15) is 0 Å². The molecule has 0 N–H and O–H groups in total. The van der Waals surface area contributed by atoms with Crippen LogP contribution in [0.4, 0.5) is 0 Å². The minimum atomic E-state index is -1.09. The molecule has 0 radical (unpaired) electrons. The van der Waals surface area contributed by atoms with E-state index in [1.807, 2.05) is 0 Å². The predicted octanol–water partition coefficient (Wildman–Crippen LogP) is 14.5. The van der Waals surface area contributed by atoms with Crippen molar-refractivity contribution in [2.24, 2.45) is 0 Å². The number of para-hydroxylation sites is 1. The van der Waals surface area contributed by atoms with Gasteiger partial charge >= 0.3 is 0 Å². The molecule has 0 aliphatic carbocycles. The molecular weight excluding hydrogens is 633 g/mol. The summed E-state index contributed by atoms with van der Waals surface area (Å²) in [7, 11) is 0. The molecule has 0 spiro atoms. The highest BCUT2D eigenvalue weighted by atomic mass is 16.3. The van der Waals surface area contributed by atoms with Crippen LogP contribution >= 0.6 is 0 Å². The maximum absolute atomic E-state index is 10.2. The Morgan fingerprint density at radius 2 is 0.827 bits per heavy atom. The SMILES string of the molecule is [2H]c1c([2H])c([2H])c(-c2cc3c(-c4c([2H])c([2H])c5oc6c([2H])c([2H])c7oc8c([2H])c([2H])c([2H])c([2H])c8c7c6c5c4[2H])c4c([2H])c([2H])c([2H])c([2H])c4c(-c4c([2H])c([2H])c([2H])c([2H])c4-c4c([2H])c([2H])c([2H])c([2H])c4[2H])c3c([2H])c2[2H])c([2H])c1[2H]. The second-order valence-electron chi connectivity index (χ2n) is 11.4. The van der Waals surface area contributed by atoms with Gasteiger partial charge in [-0.15, -0.1) is 0 Å². The van der Waals surface area contributed by atoms with Gasteiger partial charge in [-0.05, 0) is 102 Å². The van der Waals surface area contributed by atoms with Crippen LogP contribution in [0.1, 0.15) is 39.8 Å². The molecule has 242 valence electrons. The molecule has 2 nitrogen and oxygen atoms in total. The fraction of sp³-hybridized carbons (Fsp3) is 0. The fourth-order valence-corrected chi connectivity index (χ4v) is 6.51. The molecule has 9 aromatic carbocycles. The molecule has 0 aliphatic heterocycles. The van der Waals surface area contributed by atoms with Gasteiger partial charge in [0, 0.05) is 21.5 Å². The Morgan fingerprint density at radius 1 is 0.308 bits per heavy atom. The Balaban J connectivity index is 1.49. The number of hydrogen-bond donors (Lipinski definition) is 0. The summed E-state index contributed by atoms with van der Waals surface area (Å²) >= 11 is 0. The Bertz CT molecular complexity index is 4810. The molecule has 0 saturated heterocycles. The maximum Gasteiger partial charge on any atom is 0.136 e. The second kappa shape index (κ2) is 11.3. The smallest absolute Gasteiger partial charge is 0.136 e. The van der Waals surface area contributed by atoms with Crippen LogP contribution in [0.25, 0.3) is 110 Å². The third kappa shape index (κ3) is 4.31. The highest BCUT2D eigenvalue weighted by molar-refractivity contribution is 6.27. The molecule has 2 heteroatoms. The van der Waals surface area contributed by atoms with Gasteiger partial charge in [0.2, 0.25) is 0 Å². The third-order valence-corrected chi connectivity index (χ3v) is 8.63. The summed E-state index contributed by atoms with van der Waals surface area (Å²) < 4.78 is 275. The topological polar surface area (TPSA) is 26.3 Å². The van der Waals surface area contributed by atoms with Crippen LogP contribution in [-0.4, -0.2) is 0 Å². The van der Waals surface area contributed by atoms with Crippen molar-refractivity contribution in [2.75, 3.05) is 0 Å². The normalized spacial score (nSPS) is 19.7. The first kappa shape index (κ1) is 12.4. The molecule has 0 aliphatic rings. The Morgan fingerprint density at radius 3 is 1.58 bits per heavy atom. The van der Waals surface area contributed by atoms with E-state index < -0.39 is 269 Å². The van der Waals surface area contributed by atoms with E-state index >= 15 is 0 Å². The summed E-state index contributed by atoms with van der Waals surface area (Å²) in [6.45, 7) is 0. The first-order valence-electron chi connectivity index (χ1n) is 29.9. The lowest BCUT2D eigenvalue weighted by molar-refractivity contribution is 0.663. The van der Waals surface area contributed by atoms with E-state index in [4.69, 9.17) is 36.2 Å². The quantitative estimate of drug-likeness (QED) is 0.172. The van der Waals surface area contributed by atoms with Crippen LogP contribution < -0.4 is 0 Å². The van der Waals surface area contributed by atoms with Crippen molar-refractivity contribution in [1.29, 1.82) is 0 Å². The molecule has 11 aromatic rings. The first-order chi connectivity index (χ1) is 37.9. The monoisotopic (exact) mass is 691 g/mol. The number of hydrogen-bond acceptors (Lipinski definition) is 2. The van der Waals surface area contributed by atoms with E-state index in [0.29, 0.717) is 0 Å². The minimum absolute atomic E-state index is 0.315. The molecule has 2 aromatic heterocycles. The molecule has 0 unspecified atom stereocenters. The minimum Gasteiger partial charge on any atom is -0.456 e. The lowest BCUT2D eigenvalue weighted by atomic mass is 9.83. The van der Waals surface area contributed by atoms with Crippen LogP contribution in [0.15, 0.2) is 190 Å². The maximum atomic E-state index is 10.2. The second-order valence-corrected chi connectivity index (χ2v) is 11.4. The number of benzene rings is 9. The van der Waals surface area contributed by atoms with Crippen molar-refractivity contribution >= 4 is 65.4 Å². The zero-order valence-corrected chi connectivity index (χ0v) is 25.9. The summed E-state index contributed by atoms with van der Waals surface area (Å²) in [4.78, 5) is 0. The number of rotatable bonds is 4. The highest BCUT2D eigenvalue weighted by Crippen LogP contribution is 2.48. The van der Waals surface area contributed by atoms with Crippen molar-refractivity contribution in [3.05, 3.63) is 181 Å². The summed E-state index contributed by atoms with van der Waals surface area (Å²) in [6.07, 6.45) is 0. The van der Waals surface area contributed by atoms with Gasteiger partial charge in [-0.25, -0.2) is 0 Å². The first-order valence-corrected chi connectivity index (χ1v) is 15.4. The molecule has 0 bridgehead atoms. The fourth-order valence-electron chi connectivity index (χ4n) is 6.51. The number of fused-ring (bicyclic) bond motifs is 9. The predicted molar refractivity (Wildman–Crippen MR) is 218 cm³/mol. The van der Waals surface area contributed by atoms with Crippen LogP contribution in [0.2, 0.25) is 0 Å². The van der Waals surface area contributed by atoms with Crippen molar-refractivity contribution < 1.29 is 48.6 Å². The Labute approximate surface area is 340 Å².